The molecule has 2 N–H and O–H groups in total. The van der Waals surface area contributed by atoms with Crippen LogP contribution < -0.4 is 5.56 Å². The van der Waals surface area contributed by atoms with Crippen molar-refractivity contribution in [3.63, 3.8) is 0 Å². The molecule has 2 aromatic heterocycles. The van der Waals surface area contributed by atoms with Gasteiger partial charge in [-0.1, -0.05) is 13.8 Å². The molecular formula is C41H48N2O18. The second-order valence-corrected chi connectivity index (χ2v) is 16.4. The lowest BCUT2D eigenvalue weighted by Crippen LogP contribution is -2.89. The van der Waals surface area contributed by atoms with Crippen LogP contribution in [0.3, 0.4) is 0 Å². The van der Waals surface area contributed by atoms with Gasteiger partial charge in [-0.2, -0.15) is 0 Å². The molecule has 20 nitrogen and oxygen atoms in total. The van der Waals surface area contributed by atoms with Crippen LogP contribution in [0.4, 0.5) is 0 Å². The molecule has 2 unspecified atom stereocenters. The van der Waals surface area contributed by atoms with Crippen molar-refractivity contribution in [2.75, 3.05) is 13.2 Å². The number of hydrogen-bond donors (Lipinski definition) is 2. The molecular weight excluding hydrogens is 808 g/mol. The van der Waals surface area contributed by atoms with E-state index < -0.39 is 137 Å². The highest BCUT2D eigenvalue weighted by Crippen LogP contribution is 2.70. The molecule has 0 amide bonds. The summed E-state index contributed by atoms with van der Waals surface area (Å²) in [4.78, 5) is 112. The lowest BCUT2D eigenvalue weighted by atomic mass is 9.45. The Labute approximate surface area is 348 Å². The molecule has 1 spiro atoms. The van der Waals surface area contributed by atoms with E-state index in [1.54, 1.807) is 6.92 Å². The van der Waals surface area contributed by atoms with E-state index in [0.29, 0.717) is 0 Å². The van der Waals surface area contributed by atoms with Gasteiger partial charge in [0.05, 0.1) is 28.7 Å². The molecule has 20 heteroatoms. The van der Waals surface area contributed by atoms with Crippen LogP contribution in [0.15, 0.2) is 41.5 Å². The first-order valence-corrected chi connectivity index (χ1v) is 19.4. The number of nitrogens with zero attached hydrogens (tertiary/aromatic N) is 2. The molecule has 13 atom stereocenters. The van der Waals surface area contributed by atoms with Gasteiger partial charge < -0.3 is 52.7 Å². The van der Waals surface area contributed by atoms with Crippen molar-refractivity contribution in [1.29, 1.82) is 0 Å². The number of ether oxygens (including phenoxy) is 8. The van der Waals surface area contributed by atoms with Gasteiger partial charge in [0.15, 0.2) is 17.8 Å². The summed E-state index contributed by atoms with van der Waals surface area (Å²) in [5, 5.41) is 26.1. The maximum atomic E-state index is 14.4. The van der Waals surface area contributed by atoms with Crippen molar-refractivity contribution in [1.82, 2.24) is 9.55 Å². The third-order valence-electron chi connectivity index (χ3n) is 12.4. The standard InChI is InChI=1S/C41H48N2O18/c1-18-19(2)35(50)59-32-29(49)33(60-36(51)24-12-13-26(48)43(9)15-24)40(17-54-20(3)44)34(58-23(6)47)30(56-21(4)45)27-31(57-22(5)46)41(40,39(32,8)53)61-38(27,7)16-55-37(52)25-11-10-14-42-28(18)25/h10-15,18-19,27,29-34,49,53H,16-17H2,1-9H3/t18?,19?,27-,29+,30-,31-,32+,33+,34-,38+,39+,40+,41+/m1/s1. The van der Waals surface area contributed by atoms with E-state index in [1.807, 2.05) is 0 Å². The summed E-state index contributed by atoms with van der Waals surface area (Å²) in [5.41, 5.74) is -11.2. The molecule has 0 radical (unpaired) electrons. The maximum Gasteiger partial charge on any atom is 0.340 e. The van der Waals surface area contributed by atoms with E-state index in [1.165, 1.54) is 39.2 Å². The third-order valence-corrected chi connectivity index (χ3v) is 12.4. The van der Waals surface area contributed by atoms with Crippen molar-refractivity contribution < 1.29 is 81.7 Å². The van der Waals surface area contributed by atoms with Crippen LogP contribution >= 0.6 is 0 Å². The summed E-state index contributed by atoms with van der Waals surface area (Å²) < 4.78 is 49.8. The number of cyclic esters (lactones) is 1. The number of hydrogen-bond acceptors (Lipinski definition) is 19. The van der Waals surface area contributed by atoms with Crippen LogP contribution in [0.2, 0.25) is 0 Å². The predicted molar refractivity (Wildman–Crippen MR) is 201 cm³/mol. The van der Waals surface area contributed by atoms with Crippen molar-refractivity contribution >= 4 is 41.8 Å². The minimum atomic E-state index is -2.87. The molecule has 1 saturated heterocycles. The first kappa shape index (κ1) is 44.8. The van der Waals surface area contributed by atoms with E-state index in [2.05, 4.69) is 4.98 Å². The zero-order chi connectivity index (χ0) is 45.1. The Balaban J connectivity index is 1.76. The van der Waals surface area contributed by atoms with Gasteiger partial charge in [-0.3, -0.25) is 33.8 Å². The largest absolute Gasteiger partial charge is 0.465 e. The van der Waals surface area contributed by atoms with Gasteiger partial charge in [-0.05, 0) is 32.0 Å². The Morgan fingerprint density at radius 3 is 2.11 bits per heavy atom. The van der Waals surface area contributed by atoms with Gasteiger partial charge in [0.2, 0.25) is 5.56 Å². The highest BCUT2D eigenvalue weighted by molar-refractivity contribution is 5.91. The number of esters is 7. The molecule has 4 heterocycles. The normalized spacial score (nSPS) is 36.5. The molecule has 2 aliphatic carbocycles. The fourth-order valence-electron chi connectivity index (χ4n) is 9.68. The van der Waals surface area contributed by atoms with Crippen LogP contribution in [0.5, 0.6) is 0 Å². The van der Waals surface area contributed by atoms with Crippen LogP contribution in [0, 0.1) is 17.3 Å². The fourth-order valence-corrected chi connectivity index (χ4v) is 9.68. The number of aliphatic hydroxyl groups excluding tert-OH is 1. The molecule has 4 bridgehead atoms. The number of rotatable bonds is 7. The molecule has 2 aliphatic heterocycles. The summed E-state index contributed by atoms with van der Waals surface area (Å²) in [7, 11) is 1.34. The maximum absolute atomic E-state index is 14.4. The molecule has 61 heavy (non-hydrogen) atoms. The molecule has 4 aliphatic rings. The summed E-state index contributed by atoms with van der Waals surface area (Å²) in [5.74, 6) is -11.0. The number of aromatic nitrogens is 2. The van der Waals surface area contributed by atoms with E-state index in [-0.39, 0.29) is 16.8 Å². The Bertz CT molecular complexity index is 2220. The number of pyridine rings is 2. The van der Waals surface area contributed by atoms with Crippen molar-refractivity contribution in [3.8, 4) is 0 Å². The van der Waals surface area contributed by atoms with Crippen molar-refractivity contribution in [2.24, 2.45) is 24.3 Å². The second kappa shape index (κ2) is 15.9. The molecule has 3 fully saturated rings. The zero-order valence-electron chi connectivity index (χ0n) is 34.9. The van der Waals surface area contributed by atoms with Gasteiger partial charge in [0.25, 0.3) is 0 Å². The van der Waals surface area contributed by atoms with Crippen molar-refractivity contribution in [2.45, 2.75) is 115 Å². The number of carbonyl (C=O) groups excluding carboxylic acids is 7. The number of carbonyl (C=O) groups is 7. The average Bonchev–Trinajstić information content (AvgIpc) is 3.40. The molecule has 330 valence electrons. The average molecular weight is 857 g/mol. The molecule has 2 saturated carbocycles. The van der Waals surface area contributed by atoms with Gasteiger partial charge in [-0.15, -0.1) is 0 Å². The Kier molecular flexibility index (Phi) is 11.7. The predicted octanol–water partition coefficient (Wildman–Crippen LogP) is 0.455. The van der Waals surface area contributed by atoms with E-state index in [9.17, 15) is 48.6 Å². The van der Waals surface area contributed by atoms with Gasteiger partial charge >= 0.3 is 41.8 Å². The molecule has 2 aromatic rings. The quantitative estimate of drug-likeness (QED) is 0.283. The minimum Gasteiger partial charge on any atom is -0.465 e. The van der Waals surface area contributed by atoms with Crippen LogP contribution in [0.25, 0.3) is 0 Å². The first-order valence-electron chi connectivity index (χ1n) is 19.4. The lowest BCUT2D eigenvalue weighted by molar-refractivity contribution is -0.385. The topological polar surface area (TPSA) is 269 Å². The Morgan fingerprint density at radius 2 is 1.51 bits per heavy atom. The summed E-state index contributed by atoms with van der Waals surface area (Å²) in [6, 6.07) is 5.04. The lowest BCUT2D eigenvalue weighted by Gasteiger charge is -2.67. The Morgan fingerprint density at radius 1 is 0.869 bits per heavy atom. The minimum absolute atomic E-state index is 0.0536. The second-order valence-electron chi connectivity index (χ2n) is 16.4. The fraction of sp³-hybridized carbons (Fsp3) is 0.585. The molecule has 0 aromatic carbocycles. The van der Waals surface area contributed by atoms with E-state index >= 15 is 0 Å². The number of fused-ring (bicyclic) bond motifs is 5. The van der Waals surface area contributed by atoms with Crippen LogP contribution in [-0.4, -0.2) is 128 Å². The zero-order valence-corrected chi connectivity index (χ0v) is 34.9. The number of aliphatic hydroxyl groups is 2. The highest BCUT2D eigenvalue weighted by atomic mass is 16.7. The van der Waals surface area contributed by atoms with Gasteiger partial charge in [0, 0.05) is 59.1 Å². The van der Waals surface area contributed by atoms with E-state index in [4.69, 9.17) is 37.9 Å². The van der Waals surface area contributed by atoms with E-state index in [0.717, 1.165) is 57.5 Å². The highest BCUT2D eigenvalue weighted by Gasteiger charge is 2.91. The summed E-state index contributed by atoms with van der Waals surface area (Å²) in [6.07, 6.45) is -10.2. The first-order chi connectivity index (χ1) is 28.4. The number of aryl methyl sites for hydroxylation is 1. The van der Waals surface area contributed by atoms with Gasteiger partial charge in [0.1, 0.15) is 54.2 Å². The summed E-state index contributed by atoms with van der Waals surface area (Å²) >= 11 is 0. The van der Waals surface area contributed by atoms with Crippen LogP contribution in [-0.2, 0) is 68.9 Å². The third kappa shape index (κ3) is 7.12. The van der Waals surface area contributed by atoms with Crippen molar-refractivity contribution in [3.05, 3.63) is 63.8 Å². The monoisotopic (exact) mass is 856 g/mol. The van der Waals surface area contributed by atoms with Gasteiger partial charge in [-0.25, -0.2) is 9.59 Å². The van der Waals surface area contributed by atoms with Crippen LogP contribution in [0.1, 0.15) is 87.7 Å². The Hall–Kier alpha value is -5.73. The SMILES string of the molecule is CC(=O)OC[C@]12[C@H](OC(C)=O)[C@H](OC(C)=O)[C@@H]3[C@@H](OC(C)=O)[C@@]14O[C@@]3(C)COC(=O)c1cccnc1C(C)C(C)C(=O)O[C@@H]([C@H](O)[C@@H]2OC(=O)c1ccc(=O)n(C)c1)[C@]4(C)O. The smallest absolute Gasteiger partial charge is 0.340 e. The molecule has 6 rings (SSSR count). The summed E-state index contributed by atoms with van der Waals surface area (Å²) in [6.45, 7) is 7.51.